The lowest BCUT2D eigenvalue weighted by atomic mass is 9.40. The van der Waals surface area contributed by atoms with E-state index in [1.54, 1.807) is 0 Å². The number of allylic oxidation sites excluding steroid dienone is 1. The second-order valence-corrected chi connectivity index (χ2v) is 11.3. The van der Waals surface area contributed by atoms with Crippen LogP contribution in [0.2, 0.25) is 0 Å². The van der Waals surface area contributed by atoms with Gasteiger partial charge in [0.25, 0.3) is 0 Å². The lowest BCUT2D eigenvalue weighted by Gasteiger charge is -2.66. The van der Waals surface area contributed by atoms with Gasteiger partial charge in [-0.3, -0.25) is 14.4 Å². The number of fused-ring (bicyclic) bond motifs is 3. The molecule has 1 spiro atoms. The Morgan fingerprint density at radius 2 is 1.59 bits per heavy atom. The second kappa shape index (κ2) is 7.88. The molecule has 0 aliphatic heterocycles. The molecule has 3 fully saturated rings. The summed E-state index contributed by atoms with van der Waals surface area (Å²) < 4.78 is 17.4. The Labute approximate surface area is 191 Å². The summed E-state index contributed by atoms with van der Waals surface area (Å²) in [6.07, 6.45) is 7.60. The van der Waals surface area contributed by atoms with Crippen LogP contribution in [0.5, 0.6) is 0 Å². The molecule has 4 rings (SSSR count). The number of hydrogen-bond acceptors (Lipinski definition) is 6. The van der Waals surface area contributed by atoms with Crippen molar-refractivity contribution in [2.24, 2.45) is 34.0 Å². The van der Waals surface area contributed by atoms with Crippen LogP contribution in [-0.2, 0) is 28.6 Å². The quantitative estimate of drug-likeness (QED) is 0.357. The summed E-state index contributed by atoms with van der Waals surface area (Å²) in [5, 5.41) is 0. The molecule has 0 aromatic carbocycles. The highest BCUT2D eigenvalue weighted by molar-refractivity contribution is 5.67. The molecule has 178 valence electrons. The van der Waals surface area contributed by atoms with E-state index in [1.165, 1.54) is 26.3 Å². The van der Waals surface area contributed by atoms with Crippen LogP contribution in [0.25, 0.3) is 0 Å². The molecule has 0 heterocycles. The molecule has 32 heavy (non-hydrogen) atoms. The van der Waals surface area contributed by atoms with Gasteiger partial charge in [0.15, 0.2) is 0 Å². The number of hydrogen-bond donors (Lipinski definition) is 0. The molecular weight excluding hydrogens is 408 g/mol. The lowest BCUT2D eigenvalue weighted by molar-refractivity contribution is -0.236. The Bertz CT molecular complexity index is 847. The first-order valence-corrected chi connectivity index (χ1v) is 12.1. The summed E-state index contributed by atoms with van der Waals surface area (Å²) in [6.45, 7) is 11.2. The van der Waals surface area contributed by atoms with Crippen LogP contribution in [-0.4, -0.2) is 36.7 Å². The van der Waals surface area contributed by atoms with Crippen molar-refractivity contribution in [1.29, 1.82) is 0 Å². The van der Waals surface area contributed by atoms with Crippen molar-refractivity contribution in [3.8, 4) is 0 Å². The Hall–Kier alpha value is -1.85. The minimum absolute atomic E-state index is 0.0196. The maximum absolute atomic E-state index is 12.2. The van der Waals surface area contributed by atoms with Crippen LogP contribution in [0.15, 0.2) is 11.6 Å². The van der Waals surface area contributed by atoms with E-state index >= 15 is 0 Å². The zero-order valence-corrected chi connectivity index (χ0v) is 20.4. The Morgan fingerprint density at radius 1 is 0.938 bits per heavy atom. The third-order valence-electron chi connectivity index (χ3n) is 9.51. The molecule has 0 aromatic heterocycles. The maximum Gasteiger partial charge on any atom is 0.302 e. The molecule has 6 heteroatoms. The fourth-order valence-corrected chi connectivity index (χ4v) is 8.31. The molecule has 2 bridgehead atoms. The monoisotopic (exact) mass is 446 g/mol. The molecular formula is C26H38O6. The molecule has 0 saturated heterocycles. The van der Waals surface area contributed by atoms with E-state index in [1.807, 2.05) is 0 Å². The fraction of sp³-hybridized carbons (Fsp3) is 0.808. The van der Waals surface area contributed by atoms with Crippen LogP contribution in [0, 0.1) is 34.0 Å². The van der Waals surface area contributed by atoms with Gasteiger partial charge in [0.05, 0.1) is 0 Å². The van der Waals surface area contributed by atoms with Crippen LogP contribution < -0.4 is 0 Å². The van der Waals surface area contributed by atoms with E-state index in [9.17, 15) is 14.4 Å². The van der Waals surface area contributed by atoms with Gasteiger partial charge in [-0.25, -0.2) is 0 Å². The van der Waals surface area contributed by atoms with Gasteiger partial charge in [0.2, 0.25) is 0 Å². The Kier molecular flexibility index (Phi) is 5.74. The summed E-state index contributed by atoms with van der Waals surface area (Å²) in [5.41, 5.74) is 0.746. The predicted octanol–water partition coefficient (Wildman–Crippen LogP) is 4.60. The number of ether oxygens (including phenoxy) is 3. The highest BCUT2D eigenvalue weighted by atomic mass is 16.6. The van der Waals surface area contributed by atoms with Gasteiger partial charge in [-0.05, 0) is 68.6 Å². The van der Waals surface area contributed by atoms with Crippen LogP contribution in [0.3, 0.4) is 0 Å². The van der Waals surface area contributed by atoms with E-state index in [2.05, 4.69) is 26.8 Å². The van der Waals surface area contributed by atoms with Gasteiger partial charge in [-0.1, -0.05) is 25.5 Å². The van der Waals surface area contributed by atoms with E-state index in [-0.39, 0.29) is 53.5 Å². The summed E-state index contributed by atoms with van der Waals surface area (Å²) in [6, 6.07) is 0. The maximum atomic E-state index is 12.2. The standard InChI is InChI=1S/C26H38O6/c1-15-12-26-13-19(15)7-8-20(26)24(5)10-9-22(31-17(3)28)25(6,14-30-16(2)27)21(24)11-23(26)32-18(4)29/h12,19-23H,7-11,13-14H2,1-6H3. The van der Waals surface area contributed by atoms with Crippen molar-refractivity contribution >= 4 is 17.9 Å². The lowest BCUT2D eigenvalue weighted by Crippen LogP contribution is -2.65. The minimum atomic E-state index is -0.543. The summed E-state index contributed by atoms with van der Waals surface area (Å²) in [5.74, 6) is 0.153. The molecule has 3 saturated carbocycles. The molecule has 0 N–H and O–H groups in total. The fourth-order valence-electron chi connectivity index (χ4n) is 8.31. The average Bonchev–Trinajstić information content (AvgIpc) is 2.94. The first-order valence-electron chi connectivity index (χ1n) is 12.1. The van der Waals surface area contributed by atoms with E-state index in [4.69, 9.17) is 14.2 Å². The summed E-state index contributed by atoms with van der Waals surface area (Å²) in [4.78, 5) is 35.9. The van der Waals surface area contributed by atoms with Gasteiger partial charge in [0.1, 0.15) is 18.8 Å². The van der Waals surface area contributed by atoms with Gasteiger partial charge in [-0.2, -0.15) is 0 Å². The molecule has 0 radical (unpaired) electrons. The molecule has 8 unspecified atom stereocenters. The average molecular weight is 447 g/mol. The van der Waals surface area contributed by atoms with E-state index in [0.29, 0.717) is 18.3 Å². The van der Waals surface area contributed by atoms with Crippen LogP contribution in [0.4, 0.5) is 0 Å². The van der Waals surface area contributed by atoms with Crippen molar-refractivity contribution in [3.63, 3.8) is 0 Å². The summed E-state index contributed by atoms with van der Waals surface area (Å²) in [7, 11) is 0. The molecule has 0 amide bonds. The normalized spacial score (nSPS) is 44.6. The Balaban J connectivity index is 1.79. The first kappa shape index (κ1) is 23.3. The van der Waals surface area contributed by atoms with Crippen LogP contribution >= 0.6 is 0 Å². The van der Waals surface area contributed by atoms with Crippen molar-refractivity contribution in [1.82, 2.24) is 0 Å². The first-order chi connectivity index (χ1) is 14.9. The molecule has 8 atom stereocenters. The molecule has 6 nitrogen and oxygen atoms in total. The number of esters is 3. The third kappa shape index (κ3) is 3.49. The summed E-state index contributed by atoms with van der Waals surface area (Å²) >= 11 is 0. The van der Waals surface area contributed by atoms with Crippen molar-refractivity contribution < 1.29 is 28.6 Å². The smallest absolute Gasteiger partial charge is 0.302 e. The zero-order valence-electron chi connectivity index (χ0n) is 20.4. The largest absolute Gasteiger partial charge is 0.465 e. The van der Waals surface area contributed by atoms with Gasteiger partial charge < -0.3 is 14.2 Å². The van der Waals surface area contributed by atoms with Gasteiger partial charge >= 0.3 is 17.9 Å². The van der Waals surface area contributed by atoms with Crippen LogP contribution in [0.1, 0.15) is 80.1 Å². The SMILES string of the molecule is CC(=O)OCC1(C)C(OC(C)=O)CCC2(C)C1CC(OC(C)=O)C13C=C(C)C(CCC21)C3. The molecule has 4 aliphatic rings. The van der Waals surface area contributed by atoms with Gasteiger partial charge in [-0.15, -0.1) is 0 Å². The highest BCUT2D eigenvalue weighted by Gasteiger charge is 2.69. The number of carbonyl (C=O) groups is 3. The minimum Gasteiger partial charge on any atom is -0.465 e. The molecule has 0 aromatic rings. The highest BCUT2D eigenvalue weighted by Crippen LogP contribution is 2.71. The van der Waals surface area contributed by atoms with Crippen molar-refractivity contribution in [2.45, 2.75) is 92.3 Å². The van der Waals surface area contributed by atoms with Crippen molar-refractivity contribution in [2.75, 3.05) is 6.61 Å². The topological polar surface area (TPSA) is 78.9 Å². The predicted molar refractivity (Wildman–Crippen MR) is 118 cm³/mol. The molecule has 4 aliphatic carbocycles. The van der Waals surface area contributed by atoms with E-state index in [0.717, 1.165) is 32.1 Å². The van der Waals surface area contributed by atoms with Crippen molar-refractivity contribution in [3.05, 3.63) is 11.6 Å². The number of rotatable bonds is 4. The number of carbonyl (C=O) groups excluding carboxylic acids is 3. The van der Waals surface area contributed by atoms with E-state index < -0.39 is 5.41 Å². The second-order valence-electron chi connectivity index (χ2n) is 11.3. The third-order valence-corrected chi connectivity index (χ3v) is 9.51. The zero-order chi connectivity index (χ0) is 23.5. The Morgan fingerprint density at radius 3 is 2.22 bits per heavy atom. The van der Waals surface area contributed by atoms with Gasteiger partial charge in [0, 0.05) is 31.6 Å².